The lowest BCUT2D eigenvalue weighted by Crippen LogP contribution is -2.10. The van der Waals surface area contributed by atoms with Crippen LogP contribution in [-0.2, 0) is 11.3 Å². The molecule has 0 bridgehead atoms. The summed E-state index contributed by atoms with van der Waals surface area (Å²) in [6, 6.07) is 13.7. The number of benzene rings is 2. The quantitative estimate of drug-likeness (QED) is 0.502. The van der Waals surface area contributed by atoms with Crippen LogP contribution in [0.5, 0.6) is 0 Å². The zero-order valence-corrected chi connectivity index (χ0v) is 12.1. The number of nitrogens with one attached hydrogen (secondary N) is 1. The summed E-state index contributed by atoms with van der Waals surface area (Å²) in [5.41, 5.74) is 1.56. The van der Waals surface area contributed by atoms with Crippen molar-refractivity contribution in [2.45, 2.75) is 13.5 Å². The molecule has 2 rings (SSSR count). The van der Waals surface area contributed by atoms with Crippen molar-refractivity contribution in [1.29, 1.82) is 0 Å². The summed E-state index contributed by atoms with van der Waals surface area (Å²) in [6.07, 6.45) is 0. The Morgan fingerprint density at radius 3 is 2.59 bits per heavy atom. The number of carbonyl (C=O) groups is 1. The highest BCUT2D eigenvalue weighted by molar-refractivity contribution is 5.96. The van der Waals surface area contributed by atoms with Crippen LogP contribution in [-0.4, -0.2) is 17.5 Å². The number of non-ortho nitro benzene ring substituents is 1. The van der Waals surface area contributed by atoms with Crippen LogP contribution < -0.4 is 5.32 Å². The summed E-state index contributed by atoms with van der Waals surface area (Å²) in [6.45, 7) is 2.40. The summed E-state index contributed by atoms with van der Waals surface area (Å²) < 4.78 is 4.95. The lowest BCUT2D eigenvalue weighted by Gasteiger charge is -2.11. The first kappa shape index (κ1) is 15.5. The lowest BCUT2D eigenvalue weighted by atomic mass is 10.1. The van der Waals surface area contributed by atoms with Gasteiger partial charge in [0.1, 0.15) is 0 Å². The van der Waals surface area contributed by atoms with Crippen LogP contribution in [0.4, 0.5) is 11.4 Å². The first-order valence-corrected chi connectivity index (χ1v) is 6.85. The van der Waals surface area contributed by atoms with Crippen molar-refractivity contribution < 1.29 is 14.5 Å². The number of anilines is 1. The predicted molar refractivity (Wildman–Crippen MR) is 82.8 cm³/mol. The van der Waals surface area contributed by atoms with E-state index in [2.05, 4.69) is 5.32 Å². The van der Waals surface area contributed by atoms with Gasteiger partial charge in [-0.3, -0.25) is 10.1 Å². The molecule has 0 saturated heterocycles. The van der Waals surface area contributed by atoms with Crippen molar-refractivity contribution in [3.05, 3.63) is 69.8 Å². The van der Waals surface area contributed by atoms with Gasteiger partial charge in [-0.2, -0.15) is 0 Å². The minimum absolute atomic E-state index is 0.145. The maximum absolute atomic E-state index is 12.0. The van der Waals surface area contributed by atoms with Gasteiger partial charge in [0.25, 0.3) is 5.69 Å². The third kappa shape index (κ3) is 3.82. The maximum Gasteiger partial charge on any atom is 0.340 e. The van der Waals surface area contributed by atoms with Gasteiger partial charge >= 0.3 is 5.97 Å². The first-order chi connectivity index (χ1) is 10.6. The highest BCUT2D eigenvalue weighted by atomic mass is 16.6. The van der Waals surface area contributed by atoms with Gasteiger partial charge in [0.15, 0.2) is 0 Å². The number of nitro groups is 1. The minimum Gasteiger partial charge on any atom is -0.462 e. The van der Waals surface area contributed by atoms with Gasteiger partial charge < -0.3 is 10.1 Å². The van der Waals surface area contributed by atoms with E-state index in [-0.39, 0.29) is 17.9 Å². The summed E-state index contributed by atoms with van der Waals surface area (Å²) in [5.74, 6) is -0.582. The minimum atomic E-state index is -0.582. The smallest absolute Gasteiger partial charge is 0.340 e. The third-order valence-corrected chi connectivity index (χ3v) is 3.04. The molecule has 0 aliphatic rings. The van der Waals surface area contributed by atoms with E-state index in [0.29, 0.717) is 12.2 Å². The van der Waals surface area contributed by atoms with Gasteiger partial charge in [-0.15, -0.1) is 0 Å². The van der Waals surface area contributed by atoms with E-state index in [9.17, 15) is 14.9 Å². The van der Waals surface area contributed by atoms with Crippen LogP contribution in [0.15, 0.2) is 48.5 Å². The molecule has 1 N–H and O–H groups in total. The Morgan fingerprint density at radius 2 is 1.95 bits per heavy atom. The Hall–Kier alpha value is -2.89. The van der Waals surface area contributed by atoms with Crippen LogP contribution in [0.2, 0.25) is 0 Å². The molecule has 22 heavy (non-hydrogen) atoms. The molecule has 114 valence electrons. The second kappa shape index (κ2) is 7.21. The van der Waals surface area contributed by atoms with Gasteiger partial charge in [0, 0.05) is 24.4 Å². The van der Waals surface area contributed by atoms with Crippen molar-refractivity contribution in [2.75, 3.05) is 11.9 Å². The van der Waals surface area contributed by atoms with Crippen molar-refractivity contribution >= 4 is 17.3 Å². The Kier molecular flexibility index (Phi) is 5.08. The number of nitro benzene ring substituents is 1. The lowest BCUT2D eigenvalue weighted by molar-refractivity contribution is -0.384. The molecule has 0 aromatic heterocycles. The number of hydrogen-bond acceptors (Lipinski definition) is 5. The van der Waals surface area contributed by atoms with Crippen LogP contribution in [0.1, 0.15) is 22.8 Å². The molecule has 0 amide bonds. The first-order valence-electron chi connectivity index (χ1n) is 6.85. The Bertz CT molecular complexity index is 671. The number of esters is 1. The van der Waals surface area contributed by atoms with Crippen molar-refractivity contribution in [3.63, 3.8) is 0 Å². The maximum atomic E-state index is 12.0. The number of nitrogens with zero attached hydrogens (tertiary/aromatic N) is 1. The molecule has 0 aliphatic heterocycles. The fraction of sp³-hybridized carbons (Fsp3) is 0.188. The molecular weight excluding hydrogens is 284 g/mol. The van der Waals surface area contributed by atoms with E-state index in [1.54, 1.807) is 6.92 Å². The fourth-order valence-corrected chi connectivity index (χ4v) is 1.97. The van der Waals surface area contributed by atoms with E-state index >= 15 is 0 Å². The second-order valence-electron chi connectivity index (χ2n) is 4.55. The van der Waals surface area contributed by atoms with Gasteiger partial charge in [0.05, 0.1) is 17.1 Å². The van der Waals surface area contributed by atoms with Crippen molar-refractivity contribution in [1.82, 2.24) is 0 Å². The van der Waals surface area contributed by atoms with Crippen LogP contribution in [0, 0.1) is 10.1 Å². The molecule has 0 saturated carbocycles. The largest absolute Gasteiger partial charge is 0.462 e. The summed E-state index contributed by atoms with van der Waals surface area (Å²) in [5, 5.41) is 14.0. The van der Waals surface area contributed by atoms with Gasteiger partial charge in [-0.05, 0) is 18.6 Å². The number of ether oxygens (including phenoxy) is 1. The molecule has 6 nitrogen and oxygen atoms in total. The summed E-state index contributed by atoms with van der Waals surface area (Å²) in [7, 11) is 0. The highest BCUT2D eigenvalue weighted by Gasteiger charge is 2.17. The van der Waals surface area contributed by atoms with Crippen molar-refractivity contribution in [3.8, 4) is 0 Å². The SMILES string of the molecule is CCOC(=O)c1cc([N+](=O)[O-])ccc1NCc1ccccc1. The third-order valence-electron chi connectivity index (χ3n) is 3.04. The van der Waals surface area contributed by atoms with Gasteiger partial charge in [-0.1, -0.05) is 30.3 Å². The van der Waals surface area contributed by atoms with Crippen LogP contribution >= 0.6 is 0 Å². The molecule has 0 aliphatic carbocycles. The molecule has 6 heteroatoms. The molecule has 0 heterocycles. The molecule has 0 atom stereocenters. The van der Waals surface area contributed by atoms with Crippen molar-refractivity contribution in [2.24, 2.45) is 0 Å². The Morgan fingerprint density at radius 1 is 1.23 bits per heavy atom. The number of hydrogen-bond donors (Lipinski definition) is 1. The van der Waals surface area contributed by atoms with E-state index in [0.717, 1.165) is 5.56 Å². The fourth-order valence-electron chi connectivity index (χ4n) is 1.97. The summed E-state index contributed by atoms with van der Waals surface area (Å²) in [4.78, 5) is 22.3. The molecule has 2 aromatic carbocycles. The average molecular weight is 300 g/mol. The van der Waals surface area contributed by atoms with Gasteiger partial charge in [0.2, 0.25) is 0 Å². The second-order valence-corrected chi connectivity index (χ2v) is 4.55. The average Bonchev–Trinajstić information content (AvgIpc) is 2.54. The zero-order chi connectivity index (χ0) is 15.9. The Balaban J connectivity index is 2.25. The summed E-state index contributed by atoms with van der Waals surface area (Å²) >= 11 is 0. The normalized spacial score (nSPS) is 10.0. The van der Waals surface area contributed by atoms with E-state index < -0.39 is 10.9 Å². The van der Waals surface area contributed by atoms with Gasteiger partial charge in [-0.25, -0.2) is 4.79 Å². The topological polar surface area (TPSA) is 81.5 Å². The van der Waals surface area contributed by atoms with E-state index in [4.69, 9.17) is 4.74 Å². The number of carbonyl (C=O) groups excluding carboxylic acids is 1. The van der Waals surface area contributed by atoms with E-state index in [1.807, 2.05) is 30.3 Å². The molecule has 2 aromatic rings. The molecule has 0 radical (unpaired) electrons. The Labute approximate surface area is 127 Å². The molecule has 0 spiro atoms. The number of rotatable bonds is 6. The predicted octanol–water partition coefficient (Wildman–Crippen LogP) is 3.38. The highest BCUT2D eigenvalue weighted by Crippen LogP contribution is 2.23. The molecule has 0 unspecified atom stereocenters. The van der Waals surface area contributed by atoms with Crippen LogP contribution in [0.3, 0.4) is 0 Å². The monoisotopic (exact) mass is 300 g/mol. The van der Waals surface area contributed by atoms with Crippen LogP contribution in [0.25, 0.3) is 0 Å². The standard InChI is InChI=1S/C16H16N2O4/c1-2-22-16(19)14-10-13(18(20)21)8-9-15(14)17-11-12-6-4-3-5-7-12/h3-10,17H,2,11H2,1H3. The molecule has 0 fully saturated rings. The zero-order valence-electron chi connectivity index (χ0n) is 12.1. The van der Waals surface area contributed by atoms with E-state index in [1.165, 1.54) is 18.2 Å². The molecular formula is C16H16N2O4.